The molecule has 8 nitrogen and oxygen atoms in total. The zero-order valence-corrected chi connectivity index (χ0v) is 18.5. The number of carboxylic acid groups (broad SMARTS) is 1. The number of benzene rings is 1. The molecule has 10 heteroatoms. The zero-order chi connectivity index (χ0) is 22.6. The van der Waals surface area contributed by atoms with Crippen molar-refractivity contribution in [2.75, 3.05) is 5.32 Å². The lowest BCUT2D eigenvalue weighted by Crippen LogP contribution is -2.33. The van der Waals surface area contributed by atoms with Crippen LogP contribution in [-0.2, 0) is 9.47 Å². The number of nitrogens with zero attached hydrogens (tertiary/aromatic N) is 2. The molecule has 1 saturated carbocycles. The van der Waals surface area contributed by atoms with E-state index < -0.39 is 17.6 Å². The molecule has 2 N–H and O–H groups in total. The van der Waals surface area contributed by atoms with Crippen LogP contribution in [0.2, 0.25) is 0 Å². The molecule has 0 spiro atoms. The molecule has 1 aliphatic carbocycles. The minimum atomic E-state index is -1.01. The third kappa shape index (κ3) is 3.68. The summed E-state index contributed by atoms with van der Waals surface area (Å²) in [6, 6.07) is 4.21. The van der Waals surface area contributed by atoms with Crippen molar-refractivity contribution in [3.8, 4) is 5.75 Å². The van der Waals surface area contributed by atoms with E-state index in [-0.39, 0.29) is 23.2 Å². The lowest BCUT2D eigenvalue weighted by molar-refractivity contribution is -0.159. The fourth-order valence-corrected chi connectivity index (χ4v) is 5.37. The van der Waals surface area contributed by atoms with Crippen LogP contribution < -0.4 is 10.1 Å². The Kier molecular flexibility index (Phi) is 5.03. The van der Waals surface area contributed by atoms with E-state index in [4.69, 9.17) is 14.2 Å². The molecule has 1 saturated heterocycles. The van der Waals surface area contributed by atoms with Crippen molar-refractivity contribution in [3.05, 3.63) is 40.8 Å². The second kappa shape index (κ2) is 7.65. The van der Waals surface area contributed by atoms with Gasteiger partial charge >= 0.3 is 5.97 Å². The molecule has 1 aromatic carbocycles. The first-order chi connectivity index (χ1) is 15.2. The van der Waals surface area contributed by atoms with Crippen LogP contribution in [0.4, 0.5) is 15.9 Å². The highest BCUT2D eigenvalue weighted by atomic mass is 32.1. The largest absolute Gasteiger partial charge is 0.485 e. The summed E-state index contributed by atoms with van der Waals surface area (Å²) < 4.78 is 32.2. The van der Waals surface area contributed by atoms with Gasteiger partial charge in [0.1, 0.15) is 45.6 Å². The van der Waals surface area contributed by atoms with E-state index in [0.717, 1.165) is 24.2 Å². The first-order valence-electron chi connectivity index (χ1n) is 10.3. The molecule has 0 amide bonds. The lowest BCUT2D eigenvalue weighted by Gasteiger charge is -2.24. The maximum atomic E-state index is 14.1. The first kappa shape index (κ1) is 21.0. The summed E-state index contributed by atoms with van der Waals surface area (Å²) in [6.45, 7) is 5.45. The van der Waals surface area contributed by atoms with E-state index in [2.05, 4.69) is 15.3 Å². The van der Waals surface area contributed by atoms with E-state index in [9.17, 15) is 14.3 Å². The van der Waals surface area contributed by atoms with Crippen LogP contribution in [0, 0.1) is 12.7 Å². The number of hydrogen-bond acceptors (Lipinski definition) is 8. The molecule has 2 fully saturated rings. The topological polar surface area (TPSA) is 103 Å². The average molecular weight is 459 g/mol. The molecule has 0 radical (unpaired) electrons. The van der Waals surface area contributed by atoms with Crippen molar-refractivity contribution in [2.45, 2.75) is 57.7 Å². The molecule has 2 unspecified atom stereocenters. The van der Waals surface area contributed by atoms with E-state index in [1.165, 1.54) is 18.5 Å². The summed E-state index contributed by atoms with van der Waals surface area (Å²) in [6.07, 6.45) is 2.33. The summed E-state index contributed by atoms with van der Waals surface area (Å²) in [5, 5.41) is 13.2. The molecule has 168 valence electrons. The standard InChI is InChI=1S/C22H22FN3O5S/c1-10-16-19(24-9-25-20(16)32-18(10)21(27)28)26-12-5-4-11(23)8-15(12)29-13-6-7-14-17(13)31-22(2,3)30-14/h4-5,8-9,13-14,17H,6-7H2,1-3H3,(H,27,28)(H,24,25,26)/t13?,14-,17?/m0/s1. The molecule has 32 heavy (non-hydrogen) atoms. The molecule has 0 bridgehead atoms. The number of ether oxygens (including phenoxy) is 3. The Morgan fingerprint density at radius 1 is 1.31 bits per heavy atom. The molecule has 1 aliphatic heterocycles. The Bertz CT molecular complexity index is 1210. The van der Waals surface area contributed by atoms with E-state index in [1.54, 1.807) is 13.0 Å². The Hall–Kier alpha value is -2.82. The number of carbonyl (C=O) groups is 1. The molecule has 3 atom stereocenters. The maximum Gasteiger partial charge on any atom is 0.346 e. The smallest absolute Gasteiger partial charge is 0.346 e. The number of aryl methyl sites for hydroxylation is 1. The van der Waals surface area contributed by atoms with Gasteiger partial charge in [0.2, 0.25) is 0 Å². The van der Waals surface area contributed by atoms with Crippen molar-refractivity contribution in [3.63, 3.8) is 0 Å². The number of aromatic nitrogens is 2. The predicted molar refractivity (Wildman–Crippen MR) is 116 cm³/mol. The molecular weight excluding hydrogens is 437 g/mol. The number of thiophene rings is 1. The molecule has 3 heterocycles. The Balaban J connectivity index is 1.47. The highest BCUT2D eigenvalue weighted by Crippen LogP contribution is 2.42. The van der Waals surface area contributed by atoms with Gasteiger partial charge in [-0.2, -0.15) is 0 Å². The second-order valence-electron chi connectivity index (χ2n) is 8.40. The molecule has 3 aromatic rings. The van der Waals surface area contributed by atoms with Gasteiger partial charge in [0.25, 0.3) is 0 Å². The predicted octanol–water partition coefficient (Wildman–Crippen LogP) is 4.64. The van der Waals surface area contributed by atoms with Gasteiger partial charge in [-0.1, -0.05) is 0 Å². The Morgan fingerprint density at radius 3 is 2.91 bits per heavy atom. The summed E-state index contributed by atoms with van der Waals surface area (Å²) in [7, 11) is 0. The maximum absolute atomic E-state index is 14.1. The van der Waals surface area contributed by atoms with Crippen LogP contribution >= 0.6 is 11.3 Å². The van der Waals surface area contributed by atoms with Crippen LogP contribution in [-0.4, -0.2) is 45.1 Å². The van der Waals surface area contributed by atoms with Gasteiger partial charge in [0.05, 0.1) is 17.2 Å². The van der Waals surface area contributed by atoms with Gasteiger partial charge in [-0.3, -0.25) is 0 Å². The van der Waals surface area contributed by atoms with Crippen molar-refractivity contribution in [1.29, 1.82) is 0 Å². The molecule has 5 rings (SSSR count). The van der Waals surface area contributed by atoms with Gasteiger partial charge in [0.15, 0.2) is 5.79 Å². The Labute approximate surface area is 187 Å². The third-order valence-corrected chi connectivity index (χ3v) is 6.91. The van der Waals surface area contributed by atoms with Crippen LogP contribution in [0.5, 0.6) is 5.75 Å². The number of aromatic carboxylic acids is 1. The fraction of sp³-hybridized carbons (Fsp3) is 0.409. The summed E-state index contributed by atoms with van der Waals surface area (Å²) in [5.41, 5.74) is 1.08. The number of rotatable bonds is 5. The molecule has 2 aromatic heterocycles. The Morgan fingerprint density at radius 2 is 2.12 bits per heavy atom. The van der Waals surface area contributed by atoms with Gasteiger partial charge in [0, 0.05) is 6.07 Å². The number of hydrogen-bond donors (Lipinski definition) is 2. The summed E-state index contributed by atoms with van der Waals surface area (Å²) >= 11 is 1.09. The van der Waals surface area contributed by atoms with Crippen molar-refractivity contribution >= 4 is 39.0 Å². The first-order valence-corrected chi connectivity index (χ1v) is 11.1. The second-order valence-corrected chi connectivity index (χ2v) is 9.40. The fourth-order valence-electron chi connectivity index (χ4n) is 4.38. The summed E-state index contributed by atoms with van der Waals surface area (Å²) in [5.74, 6) is -1.37. The van der Waals surface area contributed by atoms with Crippen molar-refractivity contribution in [1.82, 2.24) is 9.97 Å². The number of nitrogens with one attached hydrogen (secondary N) is 1. The van der Waals surface area contributed by atoms with Crippen LogP contribution in [0.15, 0.2) is 24.5 Å². The molecular formula is C22H22FN3O5S. The van der Waals surface area contributed by atoms with Crippen molar-refractivity contribution in [2.24, 2.45) is 0 Å². The van der Waals surface area contributed by atoms with E-state index in [1.807, 2.05) is 13.8 Å². The van der Waals surface area contributed by atoms with Crippen LogP contribution in [0.1, 0.15) is 41.9 Å². The van der Waals surface area contributed by atoms with Gasteiger partial charge < -0.3 is 24.6 Å². The minimum absolute atomic E-state index is 0.0515. The van der Waals surface area contributed by atoms with Crippen LogP contribution in [0.25, 0.3) is 10.2 Å². The lowest BCUT2D eigenvalue weighted by atomic mass is 10.2. The SMILES string of the molecule is Cc1c(C(=O)O)sc2ncnc(Nc3ccc(F)cc3OC3CC[C@@H]4OC(C)(C)OC34)c12. The minimum Gasteiger partial charge on any atom is -0.485 e. The van der Waals surface area contributed by atoms with Gasteiger partial charge in [-0.05, 0) is 51.3 Å². The third-order valence-electron chi connectivity index (χ3n) is 5.72. The number of anilines is 2. The highest BCUT2D eigenvalue weighted by Gasteiger charge is 2.50. The normalized spacial score (nSPS) is 23.9. The van der Waals surface area contributed by atoms with Crippen molar-refractivity contribution < 1.29 is 28.5 Å². The highest BCUT2D eigenvalue weighted by molar-refractivity contribution is 7.20. The zero-order valence-electron chi connectivity index (χ0n) is 17.7. The number of fused-ring (bicyclic) bond motifs is 2. The van der Waals surface area contributed by atoms with E-state index in [0.29, 0.717) is 33.0 Å². The van der Waals surface area contributed by atoms with Crippen LogP contribution in [0.3, 0.4) is 0 Å². The number of halogens is 1. The van der Waals surface area contributed by atoms with Gasteiger partial charge in [-0.15, -0.1) is 11.3 Å². The molecule has 2 aliphatic rings. The monoisotopic (exact) mass is 459 g/mol. The van der Waals surface area contributed by atoms with Gasteiger partial charge in [-0.25, -0.2) is 19.2 Å². The van der Waals surface area contributed by atoms with E-state index >= 15 is 0 Å². The quantitative estimate of drug-likeness (QED) is 0.569. The average Bonchev–Trinajstić information content (AvgIpc) is 3.35. The summed E-state index contributed by atoms with van der Waals surface area (Å²) in [4.78, 5) is 20.8. The number of carboxylic acids is 1.